The van der Waals surface area contributed by atoms with E-state index in [9.17, 15) is 4.79 Å². The normalized spacial score (nSPS) is 12.0. The van der Waals surface area contributed by atoms with Gasteiger partial charge >= 0.3 is 0 Å². The van der Waals surface area contributed by atoms with Gasteiger partial charge in [0.2, 0.25) is 5.91 Å². The molecule has 0 saturated carbocycles. The Bertz CT molecular complexity index is 371. The van der Waals surface area contributed by atoms with Gasteiger partial charge in [-0.25, -0.2) is 0 Å². The van der Waals surface area contributed by atoms with E-state index in [-0.39, 0.29) is 11.4 Å². The van der Waals surface area contributed by atoms with E-state index in [4.69, 9.17) is 0 Å². The van der Waals surface area contributed by atoms with Crippen LogP contribution in [0.3, 0.4) is 0 Å². The third-order valence-corrected chi connectivity index (χ3v) is 2.62. The zero-order chi connectivity index (χ0) is 11.5. The van der Waals surface area contributed by atoms with Gasteiger partial charge in [-0.2, -0.15) is 0 Å². The summed E-state index contributed by atoms with van der Waals surface area (Å²) in [7, 11) is 0. The lowest BCUT2D eigenvalue weighted by Gasteiger charge is -2.18. The van der Waals surface area contributed by atoms with Crippen LogP contribution in [0.5, 0.6) is 0 Å². The van der Waals surface area contributed by atoms with Crippen molar-refractivity contribution < 1.29 is 4.79 Å². The Morgan fingerprint density at radius 1 is 1.40 bits per heavy atom. The highest BCUT2D eigenvalue weighted by atomic mass is 32.1. The van der Waals surface area contributed by atoms with Gasteiger partial charge in [-0.1, -0.05) is 0 Å². The molecule has 82 valence electrons. The van der Waals surface area contributed by atoms with Crippen LogP contribution in [0.2, 0.25) is 0 Å². The number of aryl methyl sites for hydroxylation is 1. The molecule has 0 bridgehead atoms. The molecule has 15 heavy (non-hydrogen) atoms. The fraction of sp³-hybridized carbons (Fsp3) is 0.417. The van der Waals surface area contributed by atoms with Crippen molar-refractivity contribution in [2.45, 2.75) is 33.2 Å². The molecule has 0 saturated heterocycles. The Hall–Kier alpha value is -1.09. The number of carbonyl (C=O) groups excluding carboxylic acids is 1. The first-order chi connectivity index (χ1) is 6.87. The molecule has 0 aliphatic rings. The number of nitrogens with one attached hydrogen (secondary N) is 1. The standard InChI is InChI=1S/C12H17NOS/c1-9-5-6-10(15-9)7-8-11(14)13-12(2,3)4/h5-8H,1-4H3,(H,13,14). The highest BCUT2D eigenvalue weighted by Gasteiger charge is 2.10. The average Bonchev–Trinajstić information content (AvgIpc) is 2.45. The van der Waals surface area contributed by atoms with Crippen LogP contribution in [0.15, 0.2) is 18.2 Å². The summed E-state index contributed by atoms with van der Waals surface area (Å²) in [6.07, 6.45) is 3.43. The van der Waals surface area contributed by atoms with Gasteiger partial charge in [-0.15, -0.1) is 11.3 Å². The Morgan fingerprint density at radius 2 is 2.07 bits per heavy atom. The van der Waals surface area contributed by atoms with Crippen LogP contribution in [0.25, 0.3) is 6.08 Å². The highest BCUT2D eigenvalue weighted by Crippen LogP contribution is 2.16. The van der Waals surface area contributed by atoms with Crippen LogP contribution in [-0.2, 0) is 4.79 Å². The van der Waals surface area contributed by atoms with E-state index in [0.717, 1.165) is 4.88 Å². The molecule has 1 rings (SSSR count). The minimum Gasteiger partial charge on any atom is -0.348 e. The van der Waals surface area contributed by atoms with E-state index in [1.165, 1.54) is 4.88 Å². The summed E-state index contributed by atoms with van der Waals surface area (Å²) < 4.78 is 0. The summed E-state index contributed by atoms with van der Waals surface area (Å²) in [5.74, 6) is -0.0476. The average molecular weight is 223 g/mol. The van der Waals surface area contributed by atoms with Gasteiger partial charge in [0.15, 0.2) is 0 Å². The van der Waals surface area contributed by atoms with Crippen molar-refractivity contribution in [1.82, 2.24) is 5.32 Å². The predicted octanol–water partition coefficient (Wildman–Crippen LogP) is 2.98. The van der Waals surface area contributed by atoms with Crippen molar-refractivity contribution in [1.29, 1.82) is 0 Å². The molecule has 2 nitrogen and oxygen atoms in total. The van der Waals surface area contributed by atoms with Crippen molar-refractivity contribution in [2.24, 2.45) is 0 Å². The molecular formula is C12H17NOS. The largest absolute Gasteiger partial charge is 0.348 e. The lowest BCUT2D eigenvalue weighted by atomic mass is 10.1. The molecule has 1 amide bonds. The maximum absolute atomic E-state index is 11.4. The van der Waals surface area contributed by atoms with Gasteiger partial charge in [0, 0.05) is 21.4 Å². The number of hydrogen-bond donors (Lipinski definition) is 1. The molecule has 0 aromatic carbocycles. The minimum atomic E-state index is -0.174. The monoisotopic (exact) mass is 223 g/mol. The topological polar surface area (TPSA) is 29.1 Å². The molecule has 0 aliphatic heterocycles. The Labute approximate surface area is 95.0 Å². The number of hydrogen-bond acceptors (Lipinski definition) is 2. The maximum Gasteiger partial charge on any atom is 0.244 e. The second-order valence-electron chi connectivity index (χ2n) is 4.52. The zero-order valence-corrected chi connectivity index (χ0v) is 10.4. The lowest BCUT2D eigenvalue weighted by molar-refractivity contribution is -0.117. The van der Waals surface area contributed by atoms with Gasteiger partial charge in [0.1, 0.15) is 0 Å². The third kappa shape index (κ3) is 4.79. The first-order valence-corrected chi connectivity index (χ1v) is 5.75. The molecule has 3 heteroatoms. The molecule has 0 unspecified atom stereocenters. The SMILES string of the molecule is Cc1ccc(C=CC(=O)NC(C)(C)C)s1. The molecule has 0 aliphatic carbocycles. The van der Waals surface area contributed by atoms with E-state index in [1.807, 2.05) is 39.0 Å². The summed E-state index contributed by atoms with van der Waals surface area (Å²) in [6, 6.07) is 4.06. The van der Waals surface area contributed by atoms with E-state index in [0.29, 0.717) is 0 Å². The molecule has 1 heterocycles. The van der Waals surface area contributed by atoms with Crippen LogP contribution in [0.4, 0.5) is 0 Å². The summed E-state index contributed by atoms with van der Waals surface area (Å²) >= 11 is 1.68. The highest BCUT2D eigenvalue weighted by molar-refractivity contribution is 7.12. The molecule has 1 aromatic rings. The van der Waals surface area contributed by atoms with Crippen LogP contribution < -0.4 is 5.32 Å². The van der Waals surface area contributed by atoms with Gasteiger partial charge < -0.3 is 5.32 Å². The molecule has 0 fully saturated rings. The van der Waals surface area contributed by atoms with E-state index < -0.39 is 0 Å². The van der Waals surface area contributed by atoms with E-state index >= 15 is 0 Å². The molecular weight excluding hydrogens is 206 g/mol. The van der Waals surface area contributed by atoms with Gasteiger partial charge in [0.05, 0.1) is 0 Å². The van der Waals surface area contributed by atoms with Crippen molar-refractivity contribution >= 4 is 23.3 Å². The van der Waals surface area contributed by atoms with Crippen LogP contribution >= 0.6 is 11.3 Å². The summed E-state index contributed by atoms with van der Waals surface area (Å²) in [6.45, 7) is 7.95. The maximum atomic E-state index is 11.4. The molecule has 0 atom stereocenters. The summed E-state index contributed by atoms with van der Waals surface area (Å²) in [5, 5.41) is 2.88. The second-order valence-corrected chi connectivity index (χ2v) is 5.84. The van der Waals surface area contributed by atoms with Gasteiger partial charge in [-0.05, 0) is 45.9 Å². The zero-order valence-electron chi connectivity index (χ0n) is 9.63. The Balaban J connectivity index is 2.55. The van der Waals surface area contributed by atoms with Crippen LogP contribution in [-0.4, -0.2) is 11.4 Å². The number of rotatable bonds is 2. The molecule has 1 aromatic heterocycles. The fourth-order valence-electron chi connectivity index (χ4n) is 1.11. The van der Waals surface area contributed by atoms with Crippen molar-refractivity contribution in [3.63, 3.8) is 0 Å². The predicted molar refractivity (Wildman–Crippen MR) is 66.0 cm³/mol. The van der Waals surface area contributed by atoms with E-state index in [2.05, 4.69) is 12.2 Å². The lowest BCUT2D eigenvalue weighted by Crippen LogP contribution is -2.39. The number of thiophene rings is 1. The van der Waals surface area contributed by atoms with Crippen molar-refractivity contribution in [3.8, 4) is 0 Å². The quantitative estimate of drug-likeness (QED) is 0.767. The van der Waals surface area contributed by atoms with Crippen LogP contribution in [0, 0.1) is 6.92 Å². The number of amides is 1. The number of carbonyl (C=O) groups is 1. The minimum absolute atomic E-state index is 0.0476. The summed E-state index contributed by atoms with van der Waals surface area (Å²) in [4.78, 5) is 13.8. The second kappa shape index (κ2) is 4.62. The van der Waals surface area contributed by atoms with Crippen molar-refractivity contribution in [3.05, 3.63) is 28.0 Å². The molecule has 1 N–H and O–H groups in total. The van der Waals surface area contributed by atoms with E-state index in [1.54, 1.807) is 17.4 Å². The van der Waals surface area contributed by atoms with Crippen molar-refractivity contribution in [2.75, 3.05) is 0 Å². The smallest absolute Gasteiger partial charge is 0.244 e. The fourth-order valence-corrected chi connectivity index (χ4v) is 1.89. The Kier molecular flexibility index (Phi) is 3.69. The molecule has 0 spiro atoms. The first kappa shape index (κ1) is 12.0. The first-order valence-electron chi connectivity index (χ1n) is 4.93. The Morgan fingerprint density at radius 3 is 2.53 bits per heavy atom. The van der Waals surface area contributed by atoms with Crippen LogP contribution in [0.1, 0.15) is 30.5 Å². The van der Waals surface area contributed by atoms with Gasteiger partial charge in [-0.3, -0.25) is 4.79 Å². The third-order valence-electron chi connectivity index (χ3n) is 1.66. The van der Waals surface area contributed by atoms with Gasteiger partial charge in [0.25, 0.3) is 0 Å². The summed E-state index contributed by atoms with van der Waals surface area (Å²) in [5.41, 5.74) is -0.174. The molecule has 0 radical (unpaired) electrons.